The molecular formula is C18H17ClF2N2O3. The molecule has 0 saturated heterocycles. The SMILES string of the molecule is CC(=O)NC(CC(=O)Nc1cccc(OC(F)F)c1)c1ccc(Cl)cc1. The van der Waals surface area contributed by atoms with Crippen molar-refractivity contribution in [3.63, 3.8) is 0 Å². The van der Waals surface area contributed by atoms with Gasteiger partial charge in [-0.15, -0.1) is 0 Å². The van der Waals surface area contributed by atoms with Gasteiger partial charge in [-0.3, -0.25) is 9.59 Å². The van der Waals surface area contributed by atoms with Gasteiger partial charge < -0.3 is 15.4 Å². The van der Waals surface area contributed by atoms with Crippen molar-refractivity contribution in [3.8, 4) is 5.75 Å². The van der Waals surface area contributed by atoms with Gasteiger partial charge in [-0.05, 0) is 29.8 Å². The summed E-state index contributed by atoms with van der Waals surface area (Å²) in [6.07, 6.45) is -0.0405. The Balaban J connectivity index is 2.07. The summed E-state index contributed by atoms with van der Waals surface area (Å²) in [7, 11) is 0. The maximum atomic E-state index is 12.3. The highest BCUT2D eigenvalue weighted by molar-refractivity contribution is 6.30. The molecule has 2 aromatic rings. The van der Waals surface area contributed by atoms with Gasteiger partial charge in [-0.2, -0.15) is 8.78 Å². The van der Waals surface area contributed by atoms with E-state index in [4.69, 9.17) is 11.6 Å². The topological polar surface area (TPSA) is 67.4 Å². The molecule has 0 aliphatic carbocycles. The van der Waals surface area contributed by atoms with Gasteiger partial charge in [0.2, 0.25) is 11.8 Å². The van der Waals surface area contributed by atoms with Crippen LogP contribution in [0.4, 0.5) is 14.5 Å². The molecule has 2 N–H and O–H groups in total. The Hall–Kier alpha value is -2.67. The molecular weight excluding hydrogens is 366 g/mol. The molecule has 26 heavy (non-hydrogen) atoms. The average Bonchev–Trinajstić information content (AvgIpc) is 2.54. The number of hydrogen-bond acceptors (Lipinski definition) is 3. The molecule has 2 amide bonds. The lowest BCUT2D eigenvalue weighted by Crippen LogP contribution is -2.29. The Labute approximate surface area is 154 Å². The molecule has 0 aromatic heterocycles. The van der Waals surface area contributed by atoms with Gasteiger partial charge >= 0.3 is 6.61 Å². The number of rotatable bonds is 7. The first-order valence-electron chi connectivity index (χ1n) is 7.71. The number of nitrogens with one attached hydrogen (secondary N) is 2. The fourth-order valence-electron chi connectivity index (χ4n) is 2.34. The second kappa shape index (κ2) is 9.15. The lowest BCUT2D eigenvalue weighted by atomic mass is 10.0. The van der Waals surface area contributed by atoms with E-state index in [2.05, 4.69) is 15.4 Å². The fourth-order valence-corrected chi connectivity index (χ4v) is 2.47. The van der Waals surface area contributed by atoms with Crippen LogP contribution in [0.1, 0.15) is 24.9 Å². The highest BCUT2D eigenvalue weighted by Gasteiger charge is 2.17. The van der Waals surface area contributed by atoms with Crippen molar-refractivity contribution >= 4 is 29.1 Å². The summed E-state index contributed by atoms with van der Waals surface area (Å²) in [6.45, 7) is -1.60. The van der Waals surface area contributed by atoms with Gasteiger partial charge in [0.1, 0.15) is 5.75 Å². The van der Waals surface area contributed by atoms with Crippen LogP contribution in [0.25, 0.3) is 0 Å². The summed E-state index contributed by atoms with van der Waals surface area (Å²) in [5.41, 5.74) is 1.03. The van der Waals surface area contributed by atoms with E-state index >= 15 is 0 Å². The van der Waals surface area contributed by atoms with Crippen LogP contribution in [-0.2, 0) is 9.59 Å². The lowest BCUT2D eigenvalue weighted by molar-refractivity contribution is -0.120. The van der Waals surface area contributed by atoms with Gasteiger partial charge in [-0.25, -0.2) is 0 Å². The van der Waals surface area contributed by atoms with Crippen LogP contribution in [0, 0.1) is 0 Å². The highest BCUT2D eigenvalue weighted by atomic mass is 35.5. The largest absolute Gasteiger partial charge is 0.435 e. The normalized spacial score (nSPS) is 11.7. The summed E-state index contributed by atoms with van der Waals surface area (Å²) in [4.78, 5) is 23.7. The quantitative estimate of drug-likeness (QED) is 0.756. The standard InChI is InChI=1S/C18H17ClF2N2O3/c1-11(24)22-16(12-5-7-13(19)8-6-12)10-17(25)23-14-3-2-4-15(9-14)26-18(20)21/h2-9,16,18H,10H2,1H3,(H,22,24)(H,23,25). The van der Waals surface area contributed by atoms with E-state index in [1.54, 1.807) is 30.3 Å². The number of anilines is 1. The molecule has 0 aliphatic rings. The zero-order valence-corrected chi connectivity index (χ0v) is 14.6. The van der Waals surface area contributed by atoms with Crippen molar-refractivity contribution < 1.29 is 23.1 Å². The zero-order chi connectivity index (χ0) is 19.1. The third kappa shape index (κ3) is 6.33. The van der Waals surface area contributed by atoms with E-state index in [9.17, 15) is 18.4 Å². The van der Waals surface area contributed by atoms with Gasteiger partial charge in [0.25, 0.3) is 0 Å². The summed E-state index contributed by atoms with van der Waals surface area (Å²) >= 11 is 5.85. The summed E-state index contributed by atoms with van der Waals surface area (Å²) in [5.74, 6) is -0.744. The zero-order valence-electron chi connectivity index (χ0n) is 13.8. The molecule has 0 spiro atoms. The van der Waals surface area contributed by atoms with E-state index in [0.29, 0.717) is 10.7 Å². The molecule has 2 aromatic carbocycles. The number of benzene rings is 2. The predicted molar refractivity (Wildman–Crippen MR) is 94.3 cm³/mol. The number of ether oxygens (including phenoxy) is 1. The monoisotopic (exact) mass is 382 g/mol. The summed E-state index contributed by atoms with van der Waals surface area (Å²) in [5, 5.41) is 5.84. The smallest absolute Gasteiger partial charge is 0.387 e. The first kappa shape index (κ1) is 19.7. The maximum Gasteiger partial charge on any atom is 0.387 e. The Morgan fingerprint density at radius 1 is 1.15 bits per heavy atom. The molecule has 0 fully saturated rings. The molecule has 5 nitrogen and oxygen atoms in total. The van der Waals surface area contributed by atoms with Crippen LogP contribution in [0.15, 0.2) is 48.5 Å². The minimum atomic E-state index is -2.95. The predicted octanol–water partition coefficient (Wildman–Crippen LogP) is 4.15. The van der Waals surface area contributed by atoms with Crippen molar-refractivity contribution in [1.29, 1.82) is 0 Å². The average molecular weight is 383 g/mol. The summed E-state index contributed by atoms with van der Waals surface area (Å²) < 4.78 is 28.8. The van der Waals surface area contributed by atoms with Crippen LogP contribution in [0.5, 0.6) is 5.75 Å². The van der Waals surface area contributed by atoms with Gasteiger partial charge in [-0.1, -0.05) is 29.8 Å². The van der Waals surface area contributed by atoms with Gasteiger partial charge in [0, 0.05) is 23.7 Å². The lowest BCUT2D eigenvalue weighted by Gasteiger charge is -2.18. The highest BCUT2D eigenvalue weighted by Crippen LogP contribution is 2.22. The third-order valence-electron chi connectivity index (χ3n) is 3.38. The fraction of sp³-hybridized carbons (Fsp3) is 0.222. The van der Waals surface area contributed by atoms with Crippen molar-refractivity contribution in [1.82, 2.24) is 5.32 Å². The van der Waals surface area contributed by atoms with Crippen molar-refractivity contribution in [2.45, 2.75) is 26.0 Å². The number of hydrogen-bond donors (Lipinski definition) is 2. The second-order valence-electron chi connectivity index (χ2n) is 5.46. The second-order valence-corrected chi connectivity index (χ2v) is 5.90. The van der Waals surface area contributed by atoms with E-state index in [-0.39, 0.29) is 18.1 Å². The molecule has 0 radical (unpaired) electrons. The number of amides is 2. The van der Waals surface area contributed by atoms with Crippen molar-refractivity contribution in [3.05, 3.63) is 59.1 Å². The molecule has 1 unspecified atom stereocenters. The van der Waals surface area contributed by atoms with Gasteiger partial charge in [0.05, 0.1) is 12.5 Å². The first-order chi connectivity index (χ1) is 12.3. The van der Waals surface area contributed by atoms with Crippen molar-refractivity contribution in [2.24, 2.45) is 0 Å². The maximum absolute atomic E-state index is 12.3. The molecule has 0 aliphatic heterocycles. The molecule has 8 heteroatoms. The van der Waals surface area contributed by atoms with E-state index < -0.39 is 18.6 Å². The van der Waals surface area contributed by atoms with E-state index in [0.717, 1.165) is 5.56 Å². The van der Waals surface area contributed by atoms with Crippen molar-refractivity contribution in [2.75, 3.05) is 5.32 Å². The Bertz CT molecular complexity index is 769. The third-order valence-corrected chi connectivity index (χ3v) is 3.63. The molecule has 1 atom stereocenters. The molecule has 0 saturated carbocycles. The van der Waals surface area contributed by atoms with E-state index in [1.807, 2.05) is 0 Å². The van der Waals surface area contributed by atoms with Crippen LogP contribution >= 0.6 is 11.6 Å². The number of alkyl halides is 2. The first-order valence-corrected chi connectivity index (χ1v) is 8.08. The van der Waals surface area contributed by atoms with Crippen LogP contribution in [0.3, 0.4) is 0 Å². The summed E-state index contributed by atoms with van der Waals surface area (Å²) in [6, 6.07) is 11.9. The number of carbonyl (C=O) groups is 2. The molecule has 138 valence electrons. The Kier molecular flexibility index (Phi) is 6.91. The van der Waals surface area contributed by atoms with E-state index in [1.165, 1.54) is 25.1 Å². The number of carbonyl (C=O) groups excluding carboxylic acids is 2. The van der Waals surface area contributed by atoms with Crippen LogP contribution in [-0.4, -0.2) is 18.4 Å². The Morgan fingerprint density at radius 2 is 1.85 bits per heavy atom. The minimum absolute atomic E-state index is 0.0405. The van der Waals surface area contributed by atoms with Crippen LogP contribution < -0.4 is 15.4 Å². The number of halogens is 3. The molecule has 2 rings (SSSR count). The van der Waals surface area contributed by atoms with Gasteiger partial charge in [0.15, 0.2) is 0 Å². The Morgan fingerprint density at radius 3 is 2.46 bits per heavy atom. The molecule has 0 heterocycles. The molecule has 0 bridgehead atoms. The van der Waals surface area contributed by atoms with Crippen LogP contribution in [0.2, 0.25) is 5.02 Å². The minimum Gasteiger partial charge on any atom is -0.435 e.